The zero-order valence-electron chi connectivity index (χ0n) is 21.3. The minimum Gasteiger partial charge on any atom is -0.465 e. The molecule has 3 aromatic carbocycles. The maximum Gasteiger partial charge on any atom is 0.337 e. The van der Waals surface area contributed by atoms with Crippen molar-refractivity contribution < 1.29 is 19.1 Å². The average Bonchev–Trinajstić information content (AvgIpc) is 2.94. The van der Waals surface area contributed by atoms with Gasteiger partial charge in [0.25, 0.3) is 0 Å². The van der Waals surface area contributed by atoms with Crippen LogP contribution < -0.4 is 21.7 Å². The van der Waals surface area contributed by atoms with Crippen LogP contribution in [0.5, 0.6) is 0 Å². The van der Waals surface area contributed by atoms with Crippen molar-refractivity contribution in [2.24, 2.45) is 5.73 Å². The van der Waals surface area contributed by atoms with E-state index in [9.17, 15) is 14.4 Å². The zero-order chi connectivity index (χ0) is 27.3. The average molecular weight is 516 g/mol. The summed E-state index contributed by atoms with van der Waals surface area (Å²) in [5.41, 5.74) is 8.21. The Morgan fingerprint density at radius 2 is 1.42 bits per heavy atom. The van der Waals surface area contributed by atoms with E-state index in [0.29, 0.717) is 24.9 Å². The molecular weight excluding hydrogens is 482 g/mol. The van der Waals surface area contributed by atoms with Gasteiger partial charge in [0.15, 0.2) is 5.96 Å². The number of amides is 2. The summed E-state index contributed by atoms with van der Waals surface area (Å²) in [6.45, 7) is 0.615. The quantitative estimate of drug-likeness (QED) is 0.108. The minimum absolute atomic E-state index is 0.154. The van der Waals surface area contributed by atoms with Crippen LogP contribution in [0.25, 0.3) is 0 Å². The maximum atomic E-state index is 13.6. The molecule has 0 saturated carbocycles. The van der Waals surface area contributed by atoms with Gasteiger partial charge in [-0.05, 0) is 41.7 Å². The van der Waals surface area contributed by atoms with Gasteiger partial charge in [0.05, 0.1) is 18.6 Å². The van der Waals surface area contributed by atoms with Crippen molar-refractivity contribution in [2.75, 3.05) is 13.7 Å². The third-order valence-corrected chi connectivity index (χ3v) is 5.99. The normalized spacial score (nSPS) is 11.3. The SMILES string of the molecule is COC(=O)c1ccc(CNC(=O)[C@@H](CCCNC(=N)N)NC(=O)C(c2ccccc2)c2ccccc2)cc1. The number of carbonyl (C=O) groups is 3. The number of methoxy groups -OCH3 is 1. The van der Waals surface area contributed by atoms with Crippen molar-refractivity contribution in [1.29, 1.82) is 5.41 Å². The van der Waals surface area contributed by atoms with E-state index in [1.54, 1.807) is 24.3 Å². The maximum absolute atomic E-state index is 13.6. The van der Waals surface area contributed by atoms with Gasteiger partial charge in [-0.3, -0.25) is 15.0 Å². The van der Waals surface area contributed by atoms with Crippen molar-refractivity contribution in [2.45, 2.75) is 31.3 Å². The summed E-state index contributed by atoms with van der Waals surface area (Å²) in [6.07, 6.45) is 0.850. The van der Waals surface area contributed by atoms with E-state index < -0.39 is 17.9 Å². The lowest BCUT2D eigenvalue weighted by atomic mass is 9.90. The summed E-state index contributed by atoms with van der Waals surface area (Å²) in [5, 5.41) is 15.9. The molecule has 0 aliphatic rings. The molecule has 0 radical (unpaired) electrons. The number of benzene rings is 3. The molecule has 6 N–H and O–H groups in total. The van der Waals surface area contributed by atoms with Gasteiger partial charge in [0.2, 0.25) is 11.8 Å². The highest BCUT2D eigenvalue weighted by atomic mass is 16.5. The lowest BCUT2D eigenvalue weighted by Gasteiger charge is -2.23. The Hall–Kier alpha value is -4.66. The molecule has 9 heteroatoms. The van der Waals surface area contributed by atoms with Crippen LogP contribution >= 0.6 is 0 Å². The Kier molecular flexibility index (Phi) is 10.4. The fraction of sp³-hybridized carbons (Fsp3) is 0.241. The number of esters is 1. The Labute approximate surface area is 222 Å². The summed E-state index contributed by atoms with van der Waals surface area (Å²) < 4.78 is 4.71. The van der Waals surface area contributed by atoms with Crippen LogP contribution in [0.2, 0.25) is 0 Å². The molecule has 0 bridgehead atoms. The third-order valence-electron chi connectivity index (χ3n) is 5.99. The topological polar surface area (TPSA) is 146 Å². The van der Waals surface area contributed by atoms with E-state index in [2.05, 4.69) is 16.0 Å². The standard InChI is InChI=1S/C29H33N5O4/c1-38-28(37)23-16-14-20(15-17-23)19-33-26(35)24(13-8-18-32-29(30)31)34-27(36)25(21-9-4-2-5-10-21)22-11-6-3-7-12-22/h2-7,9-12,14-17,24-25H,8,13,18-19H2,1H3,(H,33,35)(H,34,36)(H4,30,31,32)/t24-/m1/s1. The second-order valence-corrected chi connectivity index (χ2v) is 8.70. The number of ether oxygens (including phenoxy) is 1. The first-order chi connectivity index (χ1) is 18.4. The first kappa shape index (κ1) is 27.9. The van der Waals surface area contributed by atoms with Gasteiger partial charge >= 0.3 is 5.97 Å². The monoisotopic (exact) mass is 515 g/mol. The summed E-state index contributed by atoms with van der Waals surface area (Å²) in [5.74, 6) is -1.80. The van der Waals surface area contributed by atoms with Gasteiger partial charge in [-0.1, -0.05) is 72.8 Å². The molecule has 0 spiro atoms. The second-order valence-electron chi connectivity index (χ2n) is 8.70. The molecule has 1 atom stereocenters. The molecule has 3 aromatic rings. The fourth-order valence-corrected chi connectivity index (χ4v) is 4.03. The van der Waals surface area contributed by atoms with E-state index in [0.717, 1.165) is 16.7 Å². The molecule has 0 saturated heterocycles. The number of carbonyl (C=O) groups excluding carboxylic acids is 3. The van der Waals surface area contributed by atoms with Crippen molar-refractivity contribution >= 4 is 23.7 Å². The van der Waals surface area contributed by atoms with E-state index in [1.807, 2.05) is 60.7 Å². The summed E-state index contributed by atoms with van der Waals surface area (Å²) in [7, 11) is 1.32. The number of nitrogens with two attached hydrogens (primary N) is 1. The predicted octanol–water partition coefficient (Wildman–Crippen LogP) is 2.67. The van der Waals surface area contributed by atoms with Crippen LogP contribution in [-0.4, -0.2) is 43.4 Å². The molecule has 198 valence electrons. The lowest BCUT2D eigenvalue weighted by molar-refractivity contribution is -0.129. The van der Waals surface area contributed by atoms with E-state index in [4.69, 9.17) is 15.9 Å². The summed E-state index contributed by atoms with van der Waals surface area (Å²) in [6, 6.07) is 24.8. The van der Waals surface area contributed by atoms with E-state index >= 15 is 0 Å². The van der Waals surface area contributed by atoms with Gasteiger partial charge in [0, 0.05) is 13.1 Å². The third kappa shape index (κ3) is 8.19. The van der Waals surface area contributed by atoms with E-state index in [-0.39, 0.29) is 24.3 Å². The first-order valence-electron chi connectivity index (χ1n) is 12.3. The van der Waals surface area contributed by atoms with Crippen LogP contribution in [0.15, 0.2) is 84.9 Å². The molecular formula is C29H33N5O4. The highest BCUT2D eigenvalue weighted by Gasteiger charge is 2.27. The Bertz CT molecular complexity index is 1180. The number of hydrogen-bond acceptors (Lipinski definition) is 5. The van der Waals surface area contributed by atoms with Crippen molar-refractivity contribution in [3.63, 3.8) is 0 Å². The van der Waals surface area contributed by atoms with Crippen LogP contribution in [0.3, 0.4) is 0 Å². The van der Waals surface area contributed by atoms with Crippen molar-refractivity contribution in [3.8, 4) is 0 Å². The van der Waals surface area contributed by atoms with Crippen LogP contribution in [-0.2, 0) is 20.9 Å². The number of rotatable bonds is 12. The molecule has 0 unspecified atom stereocenters. The first-order valence-corrected chi connectivity index (χ1v) is 12.3. The van der Waals surface area contributed by atoms with Gasteiger partial charge < -0.3 is 26.4 Å². The Balaban J connectivity index is 1.74. The number of hydrogen-bond donors (Lipinski definition) is 5. The molecule has 38 heavy (non-hydrogen) atoms. The molecule has 2 amide bonds. The molecule has 0 heterocycles. The summed E-state index contributed by atoms with van der Waals surface area (Å²) in [4.78, 5) is 38.5. The van der Waals surface area contributed by atoms with Gasteiger partial charge in [-0.15, -0.1) is 0 Å². The highest BCUT2D eigenvalue weighted by molar-refractivity contribution is 5.92. The largest absolute Gasteiger partial charge is 0.465 e. The fourth-order valence-electron chi connectivity index (χ4n) is 4.03. The highest BCUT2D eigenvalue weighted by Crippen LogP contribution is 2.25. The predicted molar refractivity (Wildman–Crippen MR) is 145 cm³/mol. The molecule has 0 aromatic heterocycles. The van der Waals surface area contributed by atoms with Gasteiger partial charge in [-0.2, -0.15) is 0 Å². The Morgan fingerprint density at radius 3 is 1.95 bits per heavy atom. The Morgan fingerprint density at radius 1 is 0.842 bits per heavy atom. The number of nitrogens with one attached hydrogen (secondary N) is 4. The second kappa shape index (κ2) is 14.2. The van der Waals surface area contributed by atoms with Gasteiger partial charge in [0.1, 0.15) is 6.04 Å². The lowest BCUT2D eigenvalue weighted by Crippen LogP contribution is -2.48. The van der Waals surface area contributed by atoms with Crippen LogP contribution in [0, 0.1) is 5.41 Å². The van der Waals surface area contributed by atoms with E-state index in [1.165, 1.54) is 7.11 Å². The van der Waals surface area contributed by atoms with Crippen molar-refractivity contribution in [3.05, 3.63) is 107 Å². The number of guanidine groups is 1. The van der Waals surface area contributed by atoms with Crippen molar-refractivity contribution in [1.82, 2.24) is 16.0 Å². The smallest absolute Gasteiger partial charge is 0.337 e. The molecule has 0 aliphatic heterocycles. The molecule has 3 rings (SSSR count). The van der Waals surface area contributed by atoms with Crippen LogP contribution in [0.4, 0.5) is 0 Å². The van der Waals surface area contributed by atoms with Gasteiger partial charge in [-0.25, -0.2) is 4.79 Å². The minimum atomic E-state index is -0.805. The molecule has 0 aliphatic carbocycles. The molecule has 9 nitrogen and oxygen atoms in total. The van der Waals surface area contributed by atoms with Crippen LogP contribution in [0.1, 0.15) is 45.8 Å². The zero-order valence-corrected chi connectivity index (χ0v) is 21.3. The molecule has 0 fully saturated rings. The summed E-state index contributed by atoms with van der Waals surface area (Å²) >= 11 is 0.